The Morgan fingerprint density at radius 1 is 0.850 bits per heavy atom. The molecule has 2 amide bonds. The number of nitrogens with zero attached hydrogens (tertiary/aromatic N) is 3. The average Bonchev–Trinajstić information content (AvgIpc) is 3.80. The van der Waals surface area contributed by atoms with Crippen LogP contribution in [0.1, 0.15) is 162 Å². The molecule has 9 rings (SSSR count). The summed E-state index contributed by atoms with van der Waals surface area (Å²) in [6, 6.07) is 19.6. The Bertz CT molecular complexity index is 1680. The number of urea groups is 1. The van der Waals surface area contributed by atoms with Gasteiger partial charge in [0.1, 0.15) is 18.9 Å². The van der Waals surface area contributed by atoms with Crippen molar-refractivity contribution >= 4 is 23.5 Å². The minimum Gasteiger partial charge on any atom is -0.334 e. The fourth-order valence-electron chi connectivity index (χ4n) is 12.7. The molecule has 6 saturated heterocycles. The summed E-state index contributed by atoms with van der Waals surface area (Å²) < 4.78 is 1.16. The molecule has 6 heterocycles. The molecule has 9 atom stereocenters. The first-order valence-corrected chi connectivity index (χ1v) is 25.7. The van der Waals surface area contributed by atoms with Crippen molar-refractivity contribution in [2.24, 2.45) is 28.6 Å². The van der Waals surface area contributed by atoms with Gasteiger partial charge in [-0.2, -0.15) is 0 Å². The fourth-order valence-corrected chi connectivity index (χ4v) is 14.3. The van der Waals surface area contributed by atoms with Crippen LogP contribution in [0.4, 0.5) is 10.5 Å². The molecule has 7 fully saturated rings. The normalized spacial score (nSPS) is 34.7. The van der Waals surface area contributed by atoms with Crippen LogP contribution in [0.3, 0.4) is 0 Å². The molecule has 0 aromatic heterocycles. The van der Waals surface area contributed by atoms with E-state index in [0.717, 1.165) is 35.1 Å². The quantitative estimate of drug-likeness (QED) is 0.208. The van der Waals surface area contributed by atoms with Gasteiger partial charge in [-0.15, -0.1) is 17.2 Å². The first-order valence-electron chi connectivity index (χ1n) is 24.8. The highest BCUT2D eigenvalue weighted by molar-refractivity contribution is 8.00. The summed E-state index contributed by atoms with van der Waals surface area (Å²) in [5, 5.41) is 9.36. The Morgan fingerprint density at radius 2 is 1.50 bits per heavy atom. The summed E-state index contributed by atoms with van der Waals surface area (Å²) in [5.74, 6) is 2.30. The van der Waals surface area contributed by atoms with Crippen molar-refractivity contribution in [3.8, 4) is 0 Å². The zero-order valence-corrected chi connectivity index (χ0v) is 39.1. The zero-order valence-electron chi connectivity index (χ0n) is 38.2. The van der Waals surface area contributed by atoms with Crippen LogP contribution in [0.5, 0.6) is 0 Å². The number of amides is 2. The second kappa shape index (κ2) is 19.6. The molecule has 2 aromatic carbocycles. The number of thioether (sulfide) groups is 1. The maximum atomic E-state index is 13.8. The number of nitrogens with one attached hydrogen (secondary N) is 4. The van der Waals surface area contributed by atoms with Crippen molar-refractivity contribution in [1.82, 2.24) is 26.4 Å². The number of para-hydroxylation sites is 1. The highest BCUT2D eigenvalue weighted by Gasteiger charge is 2.61. The van der Waals surface area contributed by atoms with E-state index in [4.69, 9.17) is 0 Å². The maximum absolute atomic E-state index is 13.8. The molecule has 2 aromatic rings. The van der Waals surface area contributed by atoms with E-state index in [2.05, 4.69) is 126 Å². The average molecular weight is 841 g/mol. The van der Waals surface area contributed by atoms with Gasteiger partial charge in [0.05, 0.1) is 12.2 Å². The summed E-state index contributed by atoms with van der Waals surface area (Å²) in [6.07, 6.45) is 26.9. The highest BCUT2D eigenvalue weighted by Crippen LogP contribution is 2.55. The molecule has 4 N–H and O–H groups in total. The van der Waals surface area contributed by atoms with E-state index in [1.54, 1.807) is 0 Å². The minimum absolute atomic E-state index is 0.0635. The van der Waals surface area contributed by atoms with Crippen LogP contribution in [-0.4, -0.2) is 64.9 Å². The van der Waals surface area contributed by atoms with Crippen LogP contribution in [-0.2, 0) is 6.54 Å². The number of benzene rings is 2. The van der Waals surface area contributed by atoms with Gasteiger partial charge in [-0.25, -0.2) is 19.7 Å². The van der Waals surface area contributed by atoms with Crippen LogP contribution in [0.2, 0.25) is 0 Å². The van der Waals surface area contributed by atoms with E-state index in [1.165, 1.54) is 139 Å². The largest absolute Gasteiger partial charge is 0.334 e. The fraction of sp³-hybridized carbons (Fsp3) is 0.745. The van der Waals surface area contributed by atoms with Gasteiger partial charge in [0, 0.05) is 48.0 Å². The molecule has 8 nitrogen and oxygen atoms in total. The minimum atomic E-state index is -0.139. The Labute approximate surface area is 369 Å². The lowest BCUT2D eigenvalue weighted by Crippen LogP contribution is -2.66. The molecule has 2 spiro atoms. The van der Waals surface area contributed by atoms with Gasteiger partial charge >= 0.3 is 6.03 Å². The van der Waals surface area contributed by atoms with Crippen LogP contribution in [0.15, 0.2) is 59.5 Å². The molecular weight excluding hydrogens is 759 g/mol. The monoisotopic (exact) mass is 841 g/mol. The summed E-state index contributed by atoms with van der Waals surface area (Å²) in [7, 11) is 0. The zero-order chi connectivity index (χ0) is 41.7. The van der Waals surface area contributed by atoms with Gasteiger partial charge in [-0.3, -0.25) is 5.01 Å². The molecule has 7 aliphatic rings. The van der Waals surface area contributed by atoms with E-state index in [0.29, 0.717) is 35.5 Å². The van der Waals surface area contributed by atoms with Crippen LogP contribution < -0.4 is 26.5 Å². The van der Waals surface area contributed by atoms with Crippen LogP contribution in [0, 0.1) is 28.6 Å². The summed E-state index contributed by atoms with van der Waals surface area (Å²) in [6.45, 7) is 16.1. The number of carbonyl (C=O) groups excluding carboxylic acids is 1. The molecule has 6 aliphatic heterocycles. The predicted octanol–water partition coefficient (Wildman–Crippen LogP) is 11.3. The van der Waals surface area contributed by atoms with Gasteiger partial charge in [0.2, 0.25) is 0 Å². The van der Waals surface area contributed by atoms with E-state index in [-0.39, 0.29) is 23.7 Å². The number of hydrogen-bond acceptors (Lipinski definition) is 6. The Balaban J connectivity index is 1.06. The van der Waals surface area contributed by atoms with Gasteiger partial charge in [0.25, 0.3) is 0 Å². The summed E-state index contributed by atoms with van der Waals surface area (Å²) >= 11 is 2.17. The van der Waals surface area contributed by atoms with Crippen molar-refractivity contribution in [1.29, 1.82) is 0 Å². The lowest BCUT2D eigenvalue weighted by molar-refractivity contribution is -0.989. The summed E-state index contributed by atoms with van der Waals surface area (Å²) in [4.78, 5) is 18.2. The molecule has 1 aliphatic carbocycles. The van der Waals surface area contributed by atoms with E-state index in [1.807, 2.05) is 6.07 Å². The third-order valence-corrected chi connectivity index (χ3v) is 17.8. The number of anilines is 1. The van der Waals surface area contributed by atoms with E-state index in [9.17, 15) is 4.79 Å². The van der Waals surface area contributed by atoms with Gasteiger partial charge < -0.3 is 10.6 Å². The lowest BCUT2D eigenvalue weighted by atomic mass is 9.68. The van der Waals surface area contributed by atoms with Gasteiger partial charge in [-0.1, -0.05) is 135 Å². The number of fused-ring (bicyclic) bond motifs is 9. The molecule has 332 valence electrons. The van der Waals surface area contributed by atoms with Crippen molar-refractivity contribution in [3.05, 3.63) is 60.2 Å². The molecule has 9 unspecified atom stereocenters. The Kier molecular flexibility index (Phi) is 14.5. The first kappa shape index (κ1) is 44.3. The number of quaternary nitrogens is 1. The molecule has 1 saturated carbocycles. The molecule has 5 bridgehead atoms. The maximum Gasteiger partial charge on any atom is 0.316 e. The van der Waals surface area contributed by atoms with Gasteiger partial charge in [-0.05, 0) is 91.4 Å². The number of rotatable bonds is 7. The Hall–Kier alpha value is -2.30. The predicted molar refractivity (Wildman–Crippen MR) is 250 cm³/mol. The van der Waals surface area contributed by atoms with Crippen LogP contribution >= 0.6 is 11.8 Å². The smallest absolute Gasteiger partial charge is 0.316 e. The standard InChI is InChI=1S/C51H81N7OS/c1-38(2)48-55-58-32-22-10-6-7-14-26-41(37-58)39-23-13-8-9-20-30-51(31-21-12-15-24-39)34-47(58)56(48)36-45(51)60-43-29-19-18-25-40(43)35-52-49(59)53-46-33-44(50(3,4)5)54-57(46)42-27-16-11-17-28-42/h11,16-19,25,27-29,38-39,41,44-48,54-55H,6-10,12-15,20-24,26,30-37H2,1-5H3,(H-,52,53,59)/p+1. The molecular formula is C51H82N7OS+. The topological polar surface area (TPSA) is 71.7 Å². The van der Waals surface area contributed by atoms with E-state index >= 15 is 0 Å². The number of hydrogen-bond donors (Lipinski definition) is 4. The van der Waals surface area contributed by atoms with Crippen molar-refractivity contribution in [2.45, 2.75) is 198 Å². The second-order valence-electron chi connectivity index (χ2n) is 21.7. The number of carbonyl (C=O) groups is 1. The molecule has 0 radical (unpaired) electrons. The van der Waals surface area contributed by atoms with Crippen molar-refractivity contribution in [3.63, 3.8) is 0 Å². The summed E-state index contributed by atoms with van der Waals surface area (Å²) in [5.41, 5.74) is 10.9. The van der Waals surface area contributed by atoms with Crippen molar-refractivity contribution in [2.75, 3.05) is 24.6 Å². The number of hydrazine groups is 1. The highest BCUT2D eigenvalue weighted by atomic mass is 32.2. The van der Waals surface area contributed by atoms with Gasteiger partial charge in [0.15, 0.2) is 6.17 Å². The second-order valence-corrected chi connectivity index (χ2v) is 22.9. The SMILES string of the molecule is CC(C)C1N[N+]23CCCCCCCC(C2)C2CCCCCCC4(CCCCC2)CC3N1CC4Sc1ccccc1CNC(=O)NC1CC(C(C)(C)C)NN1c1ccccc1. The third-order valence-electron chi connectivity index (χ3n) is 16.2. The Morgan fingerprint density at radius 3 is 2.23 bits per heavy atom. The van der Waals surface area contributed by atoms with Crippen LogP contribution in [0.25, 0.3) is 0 Å². The first-order chi connectivity index (χ1) is 29.0. The molecule has 9 heteroatoms. The lowest BCUT2D eigenvalue weighted by Gasteiger charge is -2.53. The van der Waals surface area contributed by atoms with E-state index < -0.39 is 0 Å². The van der Waals surface area contributed by atoms with Crippen molar-refractivity contribution < 1.29 is 9.39 Å². The number of piperidine rings is 1. The molecule has 60 heavy (non-hydrogen) atoms. The third kappa shape index (κ3) is 10.1.